The summed E-state index contributed by atoms with van der Waals surface area (Å²) < 4.78 is 5.21. The first-order valence-corrected chi connectivity index (χ1v) is 6.23. The molecule has 0 radical (unpaired) electrons. The fourth-order valence-electron chi connectivity index (χ4n) is 1.93. The maximum Gasteiger partial charge on any atom is 0.212 e. The van der Waals surface area contributed by atoms with Gasteiger partial charge in [0.25, 0.3) is 0 Å². The van der Waals surface area contributed by atoms with Crippen LogP contribution in [0.3, 0.4) is 0 Å². The highest BCUT2D eigenvalue weighted by Gasteiger charge is 2.39. The van der Waals surface area contributed by atoms with E-state index in [-0.39, 0.29) is 10.5 Å². The van der Waals surface area contributed by atoms with E-state index >= 15 is 0 Å². The summed E-state index contributed by atoms with van der Waals surface area (Å²) in [7, 11) is 0. The largest absolute Gasteiger partial charge is 0.490 e. The van der Waals surface area contributed by atoms with E-state index in [0.717, 1.165) is 31.4 Å². The lowest BCUT2D eigenvalue weighted by molar-refractivity contribution is -0.121. The molecule has 1 unspecified atom stereocenters. The molecule has 2 aliphatic heterocycles. The Morgan fingerprint density at radius 1 is 1.57 bits per heavy atom. The molecule has 0 aliphatic carbocycles. The molecule has 2 rings (SSSR count). The number of rotatable bonds is 2. The minimum absolute atomic E-state index is 0.205. The number of ether oxygens (including phenoxy) is 1. The Morgan fingerprint density at radius 2 is 2.43 bits per heavy atom. The molecule has 1 atom stereocenters. The van der Waals surface area contributed by atoms with Crippen molar-refractivity contribution in [1.82, 2.24) is 0 Å². The van der Waals surface area contributed by atoms with Crippen molar-refractivity contribution in [2.24, 2.45) is 0 Å². The lowest BCUT2D eigenvalue weighted by Crippen LogP contribution is -2.31. The summed E-state index contributed by atoms with van der Waals surface area (Å²) in [6.45, 7) is 2.75. The van der Waals surface area contributed by atoms with Crippen LogP contribution in [0.4, 0.5) is 0 Å². The van der Waals surface area contributed by atoms with Gasteiger partial charge >= 0.3 is 0 Å². The van der Waals surface area contributed by atoms with Gasteiger partial charge in [-0.05, 0) is 44.4 Å². The molecular weight excluding hydrogens is 196 g/mol. The van der Waals surface area contributed by atoms with E-state index in [2.05, 4.69) is 0 Å². The third kappa shape index (κ3) is 1.83. The van der Waals surface area contributed by atoms with Crippen LogP contribution in [0.1, 0.15) is 32.6 Å². The van der Waals surface area contributed by atoms with Gasteiger partial charge < -0.3 is 4.74 Å². The molecule has 2 heterocycles. The van der Waals surface area contributed by atoms with Crippen LogP contribution in [0.2, 0.25) is 0 Å². The molecule has 0 spiro atoms. The number of ketones is 1. The van der Waals surface area contributed by atoms with E-state index < -0.39 is 0 Å². The molecule has 0 aromatic carbocycles. The summed E-state index contributed by atoms with van der Waals surface area (Å²) in [6, 6.07) is 0. The number of thioether (sulfide) groups is 1. The monoisotopic (exact) mass is 212 g/mol. The first kappa shape index (κ1) is 10.1. The Morgan fingerprint density at radius 3 is 3.00 bits per heavy atom. The summed E-state index contributed by atoms with van der Waals surface area (Å²) in [4.78, 5) is 12.1. The summed E-state index contributed by atoms with van der Waals surface area (Å²) in [6.07, 6.45) is 6.13. The number of allylic oxidation sites excluding steroid dienone is 2. The summed E-state index contributed by atoms with van der Waals surface area (Å²) >= 11 is 1.78. The lowest BCUT2D eigenvalue weighted by atomic mass is 9.97. The molecular formula is C11H16O2S. The Balaban J connectivity index is 2.10. The molecule has 0 amide bonds. The van der Waals surface area contributed by atoms with Gasteiger partial charge in [0.2, 0.25) is 5.78 Å². The maximum absolute atomic E-state index is 12.1. The van der Waals surface area contributed by atoms with Crippen LogP contribution in [-0.2, 0) is 9.53 Å². The predicted molar refractivity (Wildman–Crippen MR) is 58.4 cm³/mol. The average molecular weight is 212 g/mol. The van der Waals surface area contributed by atoms with E-state index in [4.69, 9.17) is 4.74 Å². The zero-order chi connectivity index (χ0) is 10.0. The zero-order valence-electron chi connectivity index (χ0n) is 8.54. The number of carbonyl (C=O) groups is 1. The Hall–Kier alpha value is -0.440. The number of Topliss-reactive ketones (excluding diaryl/α,β-unsaturated/α-hetero) is 1. The van der Waals surface area contributed by atoms with Gasteiger partial charge in [0.05, 0.1) is 11.4 Å². The van der Waals surface area contributed by atoms with Crippen LogP contribution >= 0.6 is 11.8 Å². The highest BCUT2D eigenvalue weighted by molar-refractivity contribution is 8.01. The van der Waals surface area contributed by atoms with E-state index in [1.807, 2.05) is 13.0 Å². The third-order valence-corrected chi connectivity index (χ3v) is 4.38. The normalized spacial score (nSPS) is 32.2. The zero-order valence-corrected chi connectivity index (χ0v) is 9.36. The number of hydrogen-bond acceptors (Lipinski definition) is 3. The van der Waals surface area contributed by atoms with Crippen molar-refractivity contribution in [3.8, 4) is 0 Å². The summed E-state index contributed by atoms with van der Waals surface area (Å²) in [5.41, 5.74) is 0. The van der Waals surface area contributed by atoms with Crippen LogP contribution < -0.4 is 0 Å². The molecule has 0 saturated carbocycles. The minimum atomic E-state index is -0.205. The standard InChI is InChI=1S/C11H16O2S/c1-11(6-4-8-14-11)10(12)9-5-2-3-7-13-9/h5H,2-4,6-8H2,1H3. The molecule has 2 aliphatic rings. The third-order valence-electron chi connectivity index (χ3n) is 2.86. The number of hydrogen-bond donors (Lipinski definition) is 0. The van der Waals surface area contributed by atoms with Gasteiger partial charge in [0.15, 0.2) is 5.76 Å². The molecule has 1 saturated heterocycles. The molecule has 0 N–H and O–H groups in total. The second kappa shape index (κ2) is 3.97. The smallest absolute Gasteiger partial charge is 0.212 e. The minimum Gasteiger partial charge on any atom is -0.490 e. The molecule has 0 aromatic rings. The van der Waals surface area contributed by atoms with Gasteiger partial charge in [0, 0.05) is 0 Å². The van der Waals surface area contributed by atoms with Crippen LogP contribution in [0, 0.1) is 0 Å². The van der Waals surface area contributed by atoms with Gasteiger partial charge in [-0.25, -0.2) is 0 Å². The Kier molecular flexibility index (Phi) is 2.86. The van der Waals surface area contributed by atoms with Crippen LogP contribution in [0.15, 0.2) is 11.8 Å². The lowest BCUT2D eigenvalue weighted by Gasteiger charge is -2.24. The molecule has 3 heteroatoms. The molecule has 0 bridgehead atoms. The highest BCUT2D eigenvalue weighted by atomic mass is 32.2. The highest BCUT2D eigenvalue weighted by Crippen LogP contribution is 2.40. The van der Waals surface area contributed by atoms with Crippen molar-refractivity contribution in [2.75, 3.05) is 12.4 Å². The van der Waals surface area contributed by atoms with Gasteiger partial charge in [-0.15, -0.1) is 11.8 Å². The van der Waals surface area contributed by atoms with E-state index in [1.165, 1.54) is 0 Å². The van der Waals surface area contributed by atoms with Crippen LogP contribution in [-0.4, -0.2) is 22.9 Å². The van der Waals surface area contributed by atoms with Crippen molar-refractivity contribution >= 4 is 17.5 Å². The first-order chi connectivity index (χ1) is 6.72. The SMILES string of the molecule is CC1(C(=O)C2=CCCCO2)CCCS1. The van der Waals surface area contributed by atoms with Gasteiger partial charge in [-0.2, -0.15) is 0 Å². The average Bonchev–Trinajstić information content (AvgIpc) is 2.67. The van der Waals surface area contributed by atoms with Crippen LogP contribution in [0.5, 0.6) is 0 Å². The van der Waals surface area contributed by atoms with Gasteiger partial charge in [0.1, 0.15) is 0 Å². The predicted octanol–water partition coefficient (Wildman–Crippen LogP) is 2.54. The topological polar surface area (TPSA) is 26.3 Å². The first-order valence-electron chi connectivity index (χ1n) is 5.24. The van der Waals surface area contributed by atoms with Gasteiger partial charge in [-0.3, -0.25) is 4.79 Å². The molecule has 0 aromatic heterocycles. The second-order valence-corrected chi connectivity index (χ2v) is 5.67. The van der Waals surface area contributed by atoms with E-state index in [1.54, 1.807) is 11.8 Å². The Labute approximate surface area is 89.1 Å². The van der Waals surface area contributed by atoms with E-state index in [9.17, 15) is 4.79 Å². The molecule has 78 valence electrons. The Bertz CT molecular complexity index is 264. The van der Waals surface area contributed by atoms with Crippen molar-refractivity contribution in [2.45, 2.75) is 37.4 Å². The fourth-order valence-corrected chi connectivity index (χ4v) is 3.19. The van der Waals surface area contributed by atoms with Crippen molar-refractivity contribution in [3.63, 3.8) is 0 Å². The van der Waals surface area contributed by atoms with Crippen molar-refractivity contribution in [3.05, 3.63) is 11.8 Å². The second-order valence-electron chi connectivity index (χ2n) is 4.07. The quantitative estimate of drug-likeness (QED) is 0.703. The molecule has 2 nitrogen and oxygen atoms in total. The van der Waals surface area contributed by atoms with Crippen molar-refractivity contribution < 1.29 is 9.53 Å². The summed E-state index contributed by atoms with van der Waals surface area (Å²) in [5, 5.41) is 0. The van der Waals surface area contributed by atoms with Gasteiger partial charge in [-0.1, -0.05) is 0 Å². The molecule has 1 fully saturated rings. The van der Waals surface area contributed by atoms with E-state index in [0.29, 0.717) is 12.4 Å². The molecule has 14 heavy (non-hydrogen) atoms. The van der Waals surface area contributed by atoms with Crippen LogP contribution in [0.25, 0.3) is 0 Å². The number of carbonyl (C=O) groups excluding carboxylic acids is 1. The summed E-state index contributed by atoms with van der Waals surface area (Å²) in [5.74, 6) is 1.93. The fraction of sp³-hybridized carbons (Fsp3) is 0.727. The maximum atomic E-state index is 12.1. The van der Waals surface area contributed by atoms with Crippen molar-refractivity contribution in [1.29, 1.82) is 0 Å².